The summed E-state index contributed by atoms with van der Waals surface area (Å²) < 4.78 is 18.7. The Morgan fingerprint density at radius 3 is 3.14 bits per heavy atom. The Kier molecular flexibility index (Phi) is 4.37. The van der Waals surface area contributed by atoms with Crippen molar-refractivity contribution in [3.05, 3.63) is 47.5 Å². The zero-order chi connectivity index (χ0) is 15.4. The van der Waals surface area contributed by atoms with Crippen LogP contribution in [0.25, 0.3) is 0 Å². The fraction of sp³-hybridized carbons (Fsp3) is 0.375. The summed E-state index contributed by atoms with van der Waals surface area (Å²) in [6, 6.07) is 6.28. The van der Waals surface area contributed by atoms with E-state index in [4.69, 9.17) is 4.74 Å². The molecule has 2 aromatic rings. The zero-order valence-corrected chi connectivity index (χ0v) is 12.2. The molecule has 1 N–H and O–H groups in total. The maximum absolute atomic E-state index is 13.4. The van der Waals surface area contributed by atoms with Crippen molar-refractivity contribution < 1.29 is 13.9 Å². The van der Waals surface area contributed by atoms with Gasteiger partial charge in [0, 0.05) is 37.2 Å². The molecule has 0 aliphatic carbocycles. The van der Waals surface area contributed by atoms with Gasteiger partial charge in [-0.25, -0.2) is 4.39 Å². The number of para-hydroxylation sites is 1. The van der Waals surface area contributed by atoms with E-state index in [0.717, 1.165) is 17.7 Å². The van der Waals surface area contributed by atoms with Crippen LogP contribution >= 0.6 is 0 Å². The van der Waals surface area contributed by atoms with Gasteiger partial charge in [0.15, 0.2) is 11.6 Å². The molecule has 1 aliphatic heterocycles. The maximum atomic E-state index is 13.4. The summed E-state index contributed by atoms with van der Waals surface area (Å²) in [4.78, 5) is 14.0. The molecule has 2 heterocycles. The minimum atomic E-state index is -0.377. The van der Waals surface area contributed by atoms with Gasteiger partial charge in [0.1, 0.15) is 0 Å². The highest BCUT2D eigenvalue weighted by Crippen LogP contribution is 2.18. The first-order chi connectivity index (χ1) is 10.7. The first-order valence-electron chi connectivity index (χ1n) is 7.40. The van der Waals surface area contributed by atoms with Gasteiger partial charge in [-0.3, -0.25) is 9.89 Å². The van der Waals surface area contributed by atoms with Crippen LogP contribution in [0.3, 0.4) is 0 Å². The number of benzene rings is 1. The lowest BCUT2D eigenvalue weighted by Gasteiger charge is -2.26. The van der Waals surface area contributed by atoms with E-state index >= 15 is 0 Å². The van der Waals surface area contributed by atoms with E-state index in [1.54, 1.807) is 24.4 Å². The van der Waals surface area contributed by atoms with Crippen molar-refractivity contribution >= 4 is 5.91 Å². The van der Waals surface area contributed by atoms with Crippen molar-refractivity contribution in [2.45, 2.75) is 25.8 Å². The molecule has 6 heteroatoms. The Bertz CT molecular complexity index is 656. The largest absolute Gasteiger partial charge is 0.491 e. The number of hydrogen-bond donors (Lipinski definition) is 1. The summed E-state index contributed by atoms with van der Waals surface area (Å²) in [5, 5.41) is 6.95. The molecule has 5 nitrogen and oxygen atoms in total. The Balaban J connectivity index is 1.43. The topological polar surface area (TPSA) is 58.2 Å². The quantitative estimate of drug-likeness (QED) is 0.862. The highest BCUT2D eigenvalue weighted by Gasteiger charge is 2.21. The van der Waals surface area contributed by atoms with Gasteiger partial charge in [0.25, 0.3) is 0 Å². The zero-order valence-electron chi connectivity index (χ0n) is 12.2. The summed E-state index contributed by atoms with van der Waals surface area (Å²) in [5.74, 6) is -0.0442. The van der Waals surface area contributed by atoms with Crippen LogP contribution in [0.15, 0.2) is 30.5 Å². The van der Waals surface area contributed by atoms with Gasteiger partial charge in [-0.15, -0.1) is 0 Å². The summed E-state index contributed by atoms with van der Waals surface area (Å²) >= 11 is 0. The summed E-state index contributed by atoms with van der Waals surface area (Å²) in [6.45, 7) is 1.65. The van der Waals surface area contributed by atoms with E-state index in [1.165, 1.54) is 6.07 Å². The van der Waals surface area contributed by atoms with Crippen LogP contribution in [0.5, 0.6) is 5.75 Å². The van der Waals surface area contributed by atoms with E-state index < -0.39 is 0 Å². The molecule has 1 aromatic heterocycles. The van der Waals surface area contributed by atoms with Crippen molar-refractivity contribution in [3.8, 4) is 5.75 Å². The number of hydrogen-bond acceptors (Lipinski definition) is 3. The Hall–Kier alpha value is -2.37. The number of H-pyrrole nitrogens is 1. The van der Waals surface area contributed by atoms with Crippen molar-refractivity contribution in [2.24, 2.45) is 0 Å². The Morgan fingerprint density at radius 1 is 1.41 bits per heavy atom. The Morgan fingerprint density at radius 2 is 2.27 bits per heavy atom. The average molecular weight is 303 g/mol. The third-order valence-corrected chi connectivity index (χ3v) is 3.78. The predicted molar refractivity (Wildman–Crippen MR) is 78.8 cm³/mol. The molecule has 0 bridgehead atoms. The molecular weight excluding hydrogens is 285 g/mol. The van der Waals surface area contributed by atoms with Crippen molar-refractivity contribution in [3.63, 3.8) is 0 Å². The normalized spacial score (nSPS) is 13.8. The number of aromatic nitrogens is 2. The lowest BCUT2D eigenvalue weighted by atomic mass is 10.1. The van der Waals surface area contributed by atoms with Crippen LogP contribution in [0, 0.1) is 5.82 Å². The van der Waals surface area contributed by atoms with Crippen molar-refractivity contribution in [1.82, 2.24) is 15.1 Å². The van der Waals surface area contributed by atoms with E-state index in [9.17, 15) is 9.18 Å². The van der Waals surface area contributed by atoms with Crippen molar-refractivity contribution in [1.29, 1.82) is 0 Å². The van der Waals surface area contributed by atoms with Gasteiger partial charge in [-0.1, -0.05) is 12.1 Å². The Labute approximate surface area is 128 Å². The number of ether oxygens (including phenoxy) is 1. The SMILES string of the molecule is O=C(CCCOc1ccccc1F)N1CCc2[nH]ncc2C1. The number of nitrogens with zero attached hydrogens (tertiary/aromatic N) is 2. The first-order valence-corrected chi connectivity index (χ1v) is 7.40. The lowest BCUT2D eigenvalue weighted by Crippen LogP contribution is -2.35. The molecule has 0 unspecified atom stereocenters. The highest BCUT2D eigenvalue weighted by molar-refractivity contribution is 5.76. The molecule has 3 rings (SSSR count). The second-order valence-electron chi connectivity index (χ2n) is 5.32. The molecule has 0 atom stereocenters. The van der Waals surface area contributed by atoms with Crippen LogP contribution in [-0.4, -0.2) is 34.2 Å². The number of carbonyl (C=O) groups is 1. The smallest absolute Gasteiger partial charge is 0.223 e. The third-order valence-electron chi connectivity index (χ3n) is 3.78. The summed E-state index contributed by atoms with van der Waals surface area (Å²) in [5.41, 5.74) is 2.20. The maximum Gasteiger partial charge on any atom is 0.223 e. The highest BCUT2D eigenvalue weighted by atomic mass is 19.1. The number of amides is 1. The summed E-state index contributed by atoms with van der Waals surface area (Å²) in [6.07, 6.45) is 3.56. The van der Waals surface area contributed by atoms with Gasteiger partial charge >= 0.3 is 0 Å². The number of fused-ring (bicyclic) bond motifs is 1. The predicted octanol–water partition coefficient (Wildman–Crippen LogP) is 2.29. The number of rotatable bonds is 5. The molecule has 1 amide bonds. The standard InChI is InChI=1S/C16H18FN3O2/c17-13-4-1-2-5-15(13)22-9-3-6-16(21)20-8-7-14-12(11-20)10-18-19-14/h1-2,4-5,10H,3,6-9,11H2,(H,18,19). The first kappa shape index (κ1) is 14.6. The molecule has 0 fully saturated rings. The van der Waals surface area contributed by atoms with E-state index in [2.05, 4.69) is 10.2 Å². The lowest BCUT2D eigenvalue weighted by molar-refractivity contribution is -0.132. The van der Waals surface area contributed by atoms with Gasteiger partial charge in [0.05, 0.1) is 12.8 Å². The monoisotopic (exact) mass is 303 g/mol. The fourth-order valence-electron chi connectivity index (χ4n) is 2.56. The van der Waals surface area contributed by atoms with Gasteiger partial charge < -0.3 is 9.64 Å². The van der Waals surface area contributed by atoms with Crippen LogP contribution in [0.1, 0.15) is 24.1 Å². The minimum Gasteiger partial charge on any atom is -0.491 e. The minimum absolute atomic E-state index is 0.101. The van der Waals surface area contributed by atoms with E-state index in [1.807, 2.05) is 4.90 Å². The second kappa shape index (κ2) is 6.60. The van der Waals surface area contributed by atoms with Crippen LogP contribution in [0.2, 0.25) is 0 Å². The molecule has 1 aliphatic rings. The summed E-state index contributed by atoms with van der Waals surface area (Å²) in [7, 11) is 0. The molecule has 1 aromatic carbocycles. The molecule has 0 saturated heterocycles. The van der Waals surface area contributed by atoms with Crippen molar-refractivity contribution in [2.75, 3.05) is 13.2 Å². The molecular formula is C16H18FN3O2. The third kappa shape index (κ3) is 3.27. The van der Waals surface area contributed by atoms with Gasteiger partial charge in [-0.05, 0) is 18.6 Å². The van der Waals surface area contributed by atoms with Gasteiger partial charge in [-0.2, -0.15) is 5.10 Å². The molecule has 0 spiro atoms. The number of halogens is 1. The molecule has 0 saturated carbocycles. The fourth-order valence-corrected chi connectivity index (χ4v) is 2.56. The van der Waals surface area contributed by atoms with E-state index in [0.29, 0.717) is 32.5 Å². The molecule has 116 valence electrons. The second-order valence-corrected chi connectivity index (χ2v) is 5.32. The van der Waals surface area contributed by atoms with Crippen LogP contribution in [0.4, 0.5) is 4.39 Å². The molecule has 0 radical (unpaired) electrons. The van der Waals surface area contributed by atoms with E-state index in [-0.39, 0.29) is 17.5 Å². The average Bonchev–Trinajstić information content (AvgIpc) is 3.00. The number of carbonyl (C=O) groups excluding carboxylic acids is 1. The van der Waals surface area contributed by atoms with Gasteiger partial charge in [0.2, 0.25) is 5.91 Å². The number of nitrogens with one attached hydrogen (secondary N) is 1. The molecule has 22 heavy (non-hydrogen) atoms. The van der Waals surface area contributed by atoms with Crippen LogP contribution < -0.4 is 4.74 Å². The van der Waals surface area contributed by atoms with Crippen LogP contribution in [-0.2, 0) is 17.8 Å². The number of aromatic amines is 1.